The number of hydrogen-bond acceptors (Lipinski definition) is 3. The lowest BCUT2D eigenvalue weighted by Crippen LogP contribution is -2.27. The molecule has 1 aromatic heterocycles. The van der Waals surface area contributed by atoms with Crippen LogP contribution < -0.4 is 10.3 Å². The number of rotatable bonds is 6. The largest absolute Gasteiger partial charge is 0.492 e. The van der Waals surface area contributed by atoms with E-state index >= 15 is 0 Å². The van der Waals surface area contributed by atoms with E-state index in [-0.39, 0.29) is 5.56 Å². The van der Waals surface area contributed by atoms with E-state index in [9.17, 15) is 4.79 Å². The Balaban J connectivity index is 2.07. The summed E-state index contributed by atoms with van der Waals surface area (Å²) in [5, 5.41) is 0. The summed E-state index contributed by atoms with van der Waals surface area (Å²) in [6.07, 6.45) is 1.76. The second kappa shape index (κ2) is 6.89. The van der Waals surface area contributed by atoms with Crippen LogP contribution in [-0.2, 0) is 13.0 Å². The minimum atomic E-state index is -0.0100. The Morgan fingerprint density at radius 2 is 2.30 bits per heavy atom. The Morgan fingerprint density at radius 1 is 1.45 bits per heavy atom. The van der Waals surface area contributed by atoms with Gasteiger partial charge in [0.1, 0.15) is 18.2 Å². The van der Waals surface area contributed by atoms with Crippen molar-refractivity contribution in [1.82, 2.24) is 9.55 Å². The van der Waals surface area contributed by atoms with Crippen LogP contribution in [-0.4, -0.2) is 16.2 Å². The lowest BCUT2D eigenvalue weighted by Gasteiger charge is -2.12. The van der Waals surface area contributed by atoms with Gasteiger partial charge in [-0.15, -0.1) is 0 Å². The molecule has 0 saturated carbocycles. The molecule has 0 spiro atoms. The molecule has 2 aromatic rings. The average molecular weight is 271 g/mol. The van der Waals surface area contributed by atoms with Gasteiger partial charge in [-0.2, -0.15) is 0 Å². The fourth-order valence-electron chi connectivity index (χ4n) is 2.06. The van der Waals surface area contributed by atoms with Crippen molar-refractivity contribution in [3.05, 3.63) is 58.3 Å². The number of benzene rings is 1. The monoisotopic (exact) mass is 271 g/mol. The van der Waals surface area contributed by atoms with Crippen LogP contribution in [0.15, 0.2) is 35.1 Å². The second-order valence-corrected chi connectivity index (χ2v) is 4.64. The molecule has 0 amide bonds. The third-order valence-corrected chi connectivity index (χ3v) is 2.95. The van der Waals surface area contributed by atoms with E-state index in [1.54, 1.807) is 16.7 Å². The summed E-state index contributed by atoms with van der Waals surface area (Å²) < 4.78 is 7.31. The molecule has 20 heavy (non-hydrogen) atoms. The summed E-state index contributed by atoms with van der Waals surface area (Å²) in [5.74, 6) is 1.60. The lowest BCUT2D eigenvalue weighted by atomic mass is 10.3. The molecular weight excluding hydrogens is 252 g/mol. The van der Waals surface area contributed by atoms with E-state index < -0.39 is 0 Å². The summed E-state index contributed by atoms with van der Waals surface area (Å²) in [6.45, 7) is 4.88. The molecule has 0 aliphatic carbocycles. The summed E-state index contributed by atoms with van der Waals surface area (Å²) in [5.41, 5.74) is 0.762. The molecule has 0 aliphatic rings. The highest BCUT2D eigenvalue weighted by molar-refractivity contribution is 5.19. The molecule has 4 heteroatoms. The molecule has 1 radical (unpaired) electrons. The van der Waals surface area contributed by atoms with Crippen molar-refractivity contribution < 1.29 is 4.74 Å². The van der Waals surface area contributed by atoms with Gasteiger partial charge in [0, 0.05) is 18.2 Å². The molecule has 0 bridgehead atoms. The van der Waals surface area contributed by atoms with E-state index in [2.05, 4.69) is 18.0 Å². The summed E-state index contributed by atoms with van der Waals surface area (Å²) >= 11 is 0. The van der Waals surface area contributed by atoms with E-state index in [1.807, 2.05) is 25.1 Å². The number of nitrogens with zero attached hydrogens (tertiary/aromatic N) is 2. The highest BCUT2D eigenvalue weighted by Crippen LogP contribution is 2.08. The molecular formula is C16H19N2O2. The maximum atomic E-state index is 12.0. The molecule has 0 N–H and O–H groups in total. The van der Waals surface area contributed by atoms with Gasteiger partial charge in [-0.1, -0.05) is 19.1 Å². The molecule has 0 fully saturated rings. The fourth-order valence-corrected chi connectivity index (χ4v) is 2.06. The maximum Gasteiger partial charge on any atom is 0.253 e. The van der Waals surface area contributed by atoms with Gasteiger partial charge in [0.25, 0.3) is 5.56 Å². The molecule has 0 aliphatic heterocycles. The highest BCUT2D eigenvalue weighted by atomic mass is 16.5. The third-order valence-electron chi connectivity index (χ3n) is 2.95. The van der Waals surface area contributed by atoms with E-state index in [1.165, 1.54) is 0 Å². The first-order valence-electron chi connectivity index (χ1n) is 6.87. The van der Waals surface area contributed by atoms with Gasteiger partial charge >= 0.3 is 0 Å². The molecule has 0 unspecified atom stereocenters. The van der Waals surface area contributed by atoms with Gasteiger partial charge in [0.05, 0.1) is 6.54 Å². The minimum absolute atomic E-state index is 0.0100. The zero-order valence-corrected chi connectivity index (χ0v) is 11.9. The zero-order chi connectivity index (χ0) is 14.4. The number of hydrogen-bond donors (Lipinski definition) is 0. The van der Waals surface area contributed by atoms with Crippen LogP contribution in [0.3, 0.4) is 0 Å². The molecule has 2 rings (SSSR count). The zero-order valence-electron chi connectivity index (χ0n) is 11.9. The first-order valence-corrected chi connectivity index (χ1v) is 6.87. The second-order valence-electron chi connectivity index (χ2n) is 4.64. The Kier molecular flexibility index (Phi) is 4.93. The fraction of sp³-hybridized carbons (Fsp3) is 0.375. The van der Waals surface area contributed by atoms with E-state index in [0.29, 0.717) is 13.2 Å². The van der Waals surface area contributed by atoms with Crippen molar-refractivity contribution in [1.29, 1.82) is 0 Å². The minimum Gasteiger partial charge on any atom is -0.492 e. The van der Waals surface area contributed by atoms with Crippen molar-refractivity contribution in [3.8, 4) is 5.75 Å². The summed E-state index contributed by atoms with van der Waals surface area (Å²) in [6, 6.07) is 11.9. The smallest absolute Gasteiger partial charge is 0.253 e. The van der Waals surface area contributed by atoms with Crippen molar-refractivity contribution in [2.45, 2.75) is 33.2 Å². The lowest BCUT2D eigenvalue weighted by molar-refractivity contribution is 0.293. The van der Waals surface area contributed by atoms with E-state index in [0.717, 1.165) is 30.1 Å². The third kappa shape index (κ3) is 3.70. The predicted molar refractivity (Wildman–Crippen MR) is 78.0 cm³/mol. The first kappa shape index (κ1) is 14.3. The van der Waals surface area contributed by atoms with Crippen LogP contribution in [0.1, 0.15) is 24.9 Å². The van der Waals surface area contributed by atoms with Crippen LogP contribution in [0, 0.1) is 13.0 Å². The van der Waals surface area contributed by atoms with Crippen LogP contribution in [0.5, 0.6) is 5.75 Å². The maximum absolute atomic E-state index is 12.0. The highest BCUT2D eigenvalue weighted by Gasteiger charge is 2.06. The summed E-state index contributed by atoms with van der Waals surface area (Å²) in [4.78, 5) is 16.5. The van der Waals surface area contributed by atoms with Gasteiger partial charge in [0.15, 0.2) is 0 Å². The summed E-state index contributed by atoms with van der Waals surface area (Å²) in [7, 11) is 0. The molecule has 105 valence electrons. The van der Waals surface area contributed by atoms with Gasteiger partial charge < -0.3 is 4.74 Å². The number of ether oxygens (including phenoxy) is 1. The Hall–Kier alpha value is -2.10. The topological polar surface area (TPSA) is 44.1 Å². The van der Waals surface area contributed by atoms with Gasteiger partial charge in [-0.05, 0) is 31.5 Å². The van der Waals surface area contributed by atoms with Crippen LogP contribution in [0.4, 0.5) is 0 Å². The Bertz CT molecular complexity index is 606. The predicted octanol–water partition coefficient (Wildman–Crippen LogP) is 2.38. The van der Waals surface area contributed by atoms with Crippen molar-refractivity contribution in [3.63, 3.8) is 0 Å². The van der Waals surface area contributed by atoms with Gasteiger partial charge in [-0.3, -0.25) is 9.36 Å². The Labute approximate surface area is 119 Å². The van der Waals surface area contributed by atoms with Crippen molar-refractivity contribution in [2.75, 3.05) is 6.61 Å². The van der Waals surface area contributed by atoms with Crippen LogP contribution in [0.2, 0.25) is 0 Å². The standard InChI is InChI=1S/C16H19N2O2/c1-3-7-15-17-13(2)12-16(19)18(15)10-11-20-14-8-5-4-6-9-14/h4-5,8-9,12H,3,7,10-11H2,1-2H3. The quantitative estimate of drug-likeness (QED) is 0.810. The first-order chi connectivity index (χ1) is 9.70. The van der Waals surface area contributed by atoms with Crippen LogP contribution >= 0.6 is 0 Å². The van der Waals surface area contributed by atoms with E-state index in [4.69, 9.17) is 4.74 Å². The molecule has 4 nitrogen and oxygen atoms in total. The number of aryl methyl sites for hydroxylation is 2. The number of aromatic nitrogens is 2. The van der Waals surface area contributed by atoms with Crippen molar-refractivity contribution in [2.24, 2.45) is 0 Å². The molecule has 1 aromatic carbocycles. The van der Waals surface area contributed by atoms with Gasteiger partial charge in [0.2, 0.25) is 0 Å². The molecule has 0 atom stereocenters. The normalized spacial score (nSPS) is 10.5. The molecule has 1 heterocycles. The van der Waals surface area contributed by atoms with Crippen LogP contribution in [0.25, 0.3) is 0 Å². The SMILES string of the molecule is CCCc1nc(C)cc(=O)n1CCOc1c[c]ccc1. The van der Waals surface area contributed by atoms with Gasteiger partial charge in [-0.25, -0.2) is 4.98 Å². The molecule has 0 saturated heterocycles. The average Bonchev–Trinajstić information content (AvgIpc) is 2.43. The Morgan fingerprint density at radius 3 is 3.00 bits per heavy atom. The van der Waals surface area contributed by atoms with Crippen molar-refractivity contribution >= 4 is 0 Å².